The van der Waals surface area contributed by atoms with Crippen LogP contribution in [0.5, 0.6) is 0 Å². The molecule has 242 valence electrons. The van der Waals surface area contributed by atoms with Gasteiger partial charge in [0.1, 0.15) is 48.4 Å². The van der Waals surface area contributed by atoms with Crippen LogP contribution in [-0.4, -0.2) is 48.4 Å². The minimum absolute atomic E-state index is 1.00. The van der Waals surface area contributed by atoms with Gasteiger partial charge in [0.05, 0.1) is 41.8 Å². The van der Waals surface area contributed by atoms with Crippen LogP contribution in [0.3, 0.4) is 0 Å². The highest BCUT2D eigenvalue weighted by Crippen LogP contribution is 2.44. The van der Waals surface area contributed by atoms with E-state index in [4.69, 9.17) is 0 Å². The molecule has 0 bridgehead atoms. The molecule has 0 N–H and O–H groups in total. The highest BCUT2D eigenvalue weighted by atomic mass is 32.1. The van der Waals surface area contributed by atoms with Gasteiger partial charge in [0, 0.05) is 0 Å². The first-order chi connectivity index (χ1) is 20.5. The molecule has 0 fully saturated rings. The number of rotatable bonds is 1. The topological polar surface area (TPSA) is 0 Å². The van der Waals surface area contributed by atoms with Crippen LogP contribution in [0.2, 0.25) is 118 Å². The van der Waals surface area contributed by atoms with Gasteiger partial charge >= 0.3 is 0 Å². The summed E-state index contributed by atoms with van der Waals surface area (Å²) in [6.45, 7) is 41.4. The Morgan fingerprint density at radius 3 is 0.696 bits per heavy atom. The Hall–Kier alpha value is -1.94. The maximum atomic E-state index is 3.70. The summed E-state index contributed by atoms with van der Waals surface area (Å²) >= 11 is 3.49. The molecule has 0 aliphatic rings. The van der Waals surface area contributed by atoms with Crippen LogP contribution in [0, 0.1) is 68.8 Å². The lowest BCUT2D eigenvalue weighted by Crippen LogP contribution is -2.17. The van der Waals surface area contributed by atoms with E-state index in [1.807, 2.05) is 0 Å². The van der Waals surface area contributed by atoms with E-state index in [-0.39, 0.29) is 0 Å². The van der Waals surface area contributed by atoms with Crippen molar-refractivity contribution in [3.63, 3.8) is 0 Å². The molecule has 0 saturated heterocycles. The third kappa shape index (κ3) is 14.4. The van der Waals surface area contributed by atoms with Crippen LogP contribution in [-0.2, 0) is 0 Å². The van der Waals surface area contributed by atoms with Gasteiger partial charge in [-0.15, -0.1) is 55.9 Å². The van der Waals surface area contributed by atoms with Crippen molar-refractivity contribution in [2.75, 3.05) is 0 Å². The maximum absolute atomic E-state index is 3.70. The smallest absolute Gasteiger partial charge is 0.127 e. The van der Waals surface area contributed by atoms with E-state index >= 15 is 0 Å². The fourth-order valence-electron chi connectivity index (χ4n) is 3.32. The molecule has 0 amide bonds. The monoisotopic (exact) mass is 742 g/mol. The summed E-state index contributed by atoms with van der Waals surface area (Å²) in [5, 5.41) is 0. The highest BCUT2D eigenvalue weighted by molar-refractivity contribution is 7.23. The van der Waals surface area contributed by atoms with Crippen LogP contribution in [0.15, 0.2) is 0 Å². The van der Waals surface area contributed by atoms with Crippen molar-refractivity contribution in [2.24, 2.45) is 0 Å². The lowest BCUT2D eigenvalue weighted by atomic mass is 10.0. The third-order valence-corrected chi connectivity index (χ3v) is 13.0. The molecule has 0 atom stereocenters. The first kappa shape index (κ1) is 40.2. The second kappa shape index (κ2) is 14.7. The van der Waals surface area contributed by atoms with Gasteiger partial charge in [-0.1, -0.05) is 153 Å². The van der Waals surface area contributed by atoms with Crippen LogP contribution in [0.25, 0.3) is 9.75 Å². The van der Waals surface area contributed by atoms with E-state index in [0.29, 0.717) is 0 Å². The van der Waals surface area contributed by atoms with Gasteiger partial charge in [-0.05, 0) is 0 Å². The molecule has 0 aliphatic carbocycles. The zero-order chi connectivity index (χ0) is 35.5. The third-order valence-electron chi connectivity index (χ3n) is 5.37. The summed E-state index contributed by atoms with van der Waals surface area (Å²) in [5.74, 6) is 21.9. The Bertz CT molecular complexity index is 1720. The molecule has 2 aromatic heterocycles. The molecule has 2 heterocycles. The van der Waals surface area contributed by atoms with Crippen molar-refractivity contribution in [2.45, 2.75) is 118 Å². The van der Waals surface area contributed by atoms with Gasteiger partial charge in [0.2, 0.25) is 0 Å². The summed E-state index contributed by atoms with van der Waals surface area (Å²) < 4.78 is 0. The fourth-order valence-corrected chi connectivity index (χ4v) is 8.78. The Labute approximate surface area is 297 Å². The summed E-state index contributed by atoms with van der Waals surface area (Å²) in [5.41, 5.74) is 26.0. The number of thiophene rings is 2. The Kier molecular flexibility index (Phi) is 12.8. The lowest BCUT2D eigenvalue weighted by molar-refractivity contribution is 1.67. The Morgan fingerprint density at radius 2 is 0.478 bits per heavy atom. The van der Waals surface area contributed by atoms with Gasteiger partial charge in [-0.3, -0.25) is 0 Å². The van der Waals surface area contributed by atoms with Gasteiger partial charge in [0.15, 0.2) is 0 Å². The number of hydrogen-bond acceptors (Lipinski definition) is 2. The first-order valence-corrected chi connectivity index (χ1v) is 38.7. The van der Waals surface area contributed by atoms with E-state index in [2.05, 4.69) is 187 Å². The van der Waals surface area contributed by atoms with Crippen molar-refractivity contribution < 1.29 is 0 Å². The molecule has 0 radical (unpaired) electrons. The maximum Gasteiger partial charge on any atom is 0.129 e. The Balaban J connectivity index is 3.34. The van der Waals surface area contributed by atoms with Crippen LogP contribution < -0.4 is 0 Å². The average molecular weight is 744 g/mol. The molecule has 0 nitrogen and oxygen atoms in total. The number of hydrogen-bond donors (Lipinski definition) is 0. The predicted molar refractivity (Wildman–Crippen MR) is 229 cm³/mol. The molecular weight excluding hydrogens is 689 g/mol. The van der Waals surface area contributed by atoms with Crippen LogP contribution in [0.1, 0.15) is 32.0 Å². The normalized spacial score (nSPS) is 12.0. The summed E-state index contributed by atoms with van der Waals surface area (Å²) in [4.78, 5) is 4.33. The van der Waals surface area contributed by atoms with Crippen LogP contribution in [0.4, 0.5) is 0 Å². The standard InChI is InChI=1S/C38H54S2Si6/c1-41(2,3)25-19-31-33(21-27-43(7,8)9)37(39-35(31)23-29-45(13,14)15)38-34(22-28-44(10,11)12)32(20-26-42(4,5)6)36(40-38)24-30-46(16,17)18/h1-18H3. The Morgan fingerprint density at radius 1 is 0.283 bits per heavy atom. The zero-order valence-electron chi connectivity index (χ0n) is 31.8. The molecule has 0 unspecified atom stereocenters. The molecule has 2 rings (SSSR count). The van der Waals surface area contributed by atoms with Crippen molar-refractivity contribution >= 4 is 71.1 Å². The predicted octanol–water partition coefficient (Wildman–Crippen LogP) is 10.8. The molecule has 0 aliphatic heterocycles. The second-order valence-corrected chi connectivity index (χ2v) is 48.6. The molecule has 8 heteroatoms. The SMILES string of the molecule is C[Si](C)(C)C#Cc1sc(-c2sc(C#C[Si](C)(C)C)c(C#C[Si](C)(C)C)c2C#C[Si](C)(C)C)c(C#C[Si](C)(C)C)c1C#C[Si](C)(C)C. The largest absolute Gasteiger partial charge is 0.129 e. The minimum atomic E-state index is -1.69. The van der Waals surface area contributed by atoms with E-state index in [1.54, 1.807) is 22.7 Å². The minimum Gasteiger partial charge on any atom is -0.127 e. The lowest BCUT2D eigenvalue weighted by Gasteiger charge is -2.06. The van der Waals surface area contributed by atoms with Gasteiger partial charge in [0.25, 0.3) is 0 Å². The van der Waals surface area contributed by atoms with Gasteiger partial charge in [-0.25, -0.2) is 0 Å². The average Bonchev–Trinajstić information content (AvgIpc) is 3.35. The first-order valence-electron chi connectivity index (χ1n) is 16.1. The van der Waals surface area contributed by atoms with E-state index in [9.17, 15) is 0 Å². The second-order valence-electron chi connectivity index (χ2n) is 18.0. The van der Waals surface area contributed by atoms with E-state index in [0.717, 1.165) is 41.8 Å². The molecular formula is C38H54S2Si6. The van der Waals surface area contributed by atoms with E-state index < -0.39 is 48.4 Å². The quantitative estimate of drug-likeness (QED) is 0.202. The molecule has 0 aromatic carbocycles. The van der Waals surface area contributed by atoms with Gasteiger partial charge in [-0.2, -0.15) is 0 Å². The van der Waals surface area contributed by atoms with Crippen molar-refractivity contribution in [1.82, 2.24) is 0 Å². The summed E-state index contributed by atoms with van der Waals surface area (Å²) in [7, 11) is -9.97. The summed E-state index contributed by atoms with van der Waals surface area (Å²) in [6.07, 6.45) is 0. The molecule has 0 saturated carbocycles. The fraction of sp³-hybridized carbons (Fsp3) is 0.474. The highest BCUT2D eigenvalue weighted by Gasteiger charge is 2.26. The molecule has 2 aromatic rings. The molecule has 46 heavy (non-hydrogen) atoms. The van der Waals surface area contributed by atoms with Gasteiger partial charge < -0.3 is 0 Å². The van der Waals surface area contributed by atoms with E-state index in [1.165, 1.54) is 0 Å². The molecule has 0 spiro atoms. The van der Waals surface area contributed by atoms with Crippen molar-refractivity contribution in [1.29, 1.82) is 0 Å². The van der Waals surface area contributed by atoms with Crippen molar-refractivity contribution in [3.05, 3.63) is 32.0 Å². The summed E-state index contributed by atoms with van der Waals surface area (Å²) in [6, 6.07) is 0. The zero-order valence-corrected chi connectivity index (χ0v) is 39.4. The van der Waals surface area contributed by atoms with Crippen LogP contribution >= 0.6 is 22.7 Å². The van der Waals surface area contributed by atoms with Crippen molar-refractivity contribution in [3.8, 4) is 78.5 Å².